The quantitative estimate of drug-likeness (QED) is 0.751. The SMILES string of the molecule is O=C(NCCn1c(=O)[nH]c2ccccc21)c1ccc(Br)cc1. The topological polar surface area (TPSA) is 66.9 Å². The fourth-order valence-corrected chi connectivity index (χ4v) is 2.58. The van der Waals surface area contributed by atoms with Crippen molar-refractivity contribution in [1.29, 1.82) is 0 Å². The molecule has 112 valence electrons. The molecule has 6 heteroatoms. The van der Waals surface area contributed by atoms with Crippen molar-refractivity contribution in [3.8, 4) is 0 Å². The molecule has 0 fully saturated rings. The number of fused-ring (bicyclic) bond motifs is 1. The zero-order valence-electron chi connectivity index (χ0n) is 11.7. The Balaban J connectivity index is 1.67. The number of benzene rings is 2. The number of H-pyrrole nitrogens is 1. The molecule has 1 aromatic heterocycles. The molecule has 22 heavy (non-hydrogen) atoms. The van der Waals surface area contributed by atoms with Crippen molar-refractivity contribution in [3.63, 3.8) is 0 Å². The van der Waals surface area contributed by atoms with Crippen LogP contribution < -0.4 is 11.0 Å². The zero-order valence-corrected chi connectivity index (χ0v) is 13.3. The predicted octanol–water partition coefficient (Wildman–Crippen LogP) is 2.52. The Morgan fingerprint density at radius 3 is 2.64 bits per heavy atom. The summed E-state index contributed by atoms with van der Waals surface area (Å²) >= 11 is 3.33. The van der Waals surface area contributed by atoms with E-state index < -0.39 is 0 Å². The molecule has 0 bridgehead atoms. The van der Waals surface area contributed by atoms with Gasteiger partial charge in [0.25, 0.3) is 5.91 Å². The van der Waals surface area contributed by atoms with Crippen LogP contribution in [0.25, 0.3) is 11.0 Å². The summed E-state index contributed by atoms with van der Waals surface area (Å²) in [6.07, 6.45) is 0. The fourth-order valence-electron chi connectivity index (χ4n) is 2.31. The Morgan fingerprint density at radius 1 is 1.14 bits per heavy atom. The largest absolute Gasteiger partial charge is 0.350 e. The maximum atomic E-state index is 12.0. The van der Waals surface area contributed by atoms with E-state index >= 15 is 0 Å². The van der Waals surface area contributed by atoms with Gasteiger partial charge in [-0.15, -0.1) is 0 Å². The third-order valence-electron chi connectivity index (χ3n) is 3.41. The minimum absolute atomic E-state index is 0.152. The molecule has 1 heterocycles. The van der Waals surface area contributed by atoms with E-state index in [-0.39, 0.29) is 11.6 Å². The molecular weight excluding hydrogens is 346 g/mol. The van der Waals surface area contributed by atoms with E-state index in [1.54, 1.807) is 16.7 Å². The molecule has 2 N–H and O–H groups in total. The lowest BCUT2D eigenvalue weighted by Gasteiger charge is -2.06. The van der Waals surface area contributed by atoms with Gasteiger partial charge in [-0.2, -0.15) is 0 Å². The number of hydrogen-bond acceptors (Lipinski definition) is 2. The molecule has 1 amide bonds. The molecule has 3 rings (SSSR count). The molecule has 2 aromatic carbocycles. The van der Waals surface area contributed by atoms with Gasteiger partial charge in [0.15, 0.2) is 0 Å². The lowest BCUT2D eigenvalue weighted by atomic mass is 10.2. The number of aromatic nitrogens is 2. The van der Waals surface area contributed by atoms with Gasteiger partial charge in [0.1, 0.15) is 0 Å². The summed E-state index contributed by atoms with van der Waals surface area (Å²) in [5, 5.41) is 2.82. The van der Waals surface area contributed by atoms with Gasteiger partial charge in [0.2, 0.25) is 0 Å². The summed E-state index contributed by atoms with van der Waals surface area (Å²) in [6, 6.07) is 14.6. The number of imidazole rings is 1. The van der Waals surface area contributed by atoms with E-state index in [0.29, 0.717) is 18.7 Å². The standard InChI is InChI=1S/C16H14BrN3O2/c17-12-7-5-11(6-8-12)15(21)18-9-10-20-14-4-2-1-3-13(14)19-16(20)22/h1-8H,9-10H2,(H,18,21)(H,19,22). The predicted molar refractivity (Wildman–Crippen MR) is 89.0 cm³/mol. The van der Waals surface area contributed by atoms with Gasteiger partial charge in [-0.3, -0.25) is 9.36 Å². The molecule has 0 aliphatic heterocycles. The van der Waals surface area contributed by atoms with Crippen LogP contribution in [0, 0.1) is 0 Å². The summed E-state index contributed by atoms with van der Waals surface area (Å²) in [4.78, 5) is 26.7. The summed E-state index contributed by atoms with van der Waals surface area (Å²) in [5.41, 5.74) is 2.06. The molecule has 0 unspecified atom stereocenters. The van der Waals surface area contributed by atoms with Crippen LogP contribution in [0.1, 0.15) is 10.4 Å². The van der Waals surface area contributed by atoms with E-state index in [2.05, 4.69) is 26.2 Å². The Labute approximate surface area is 135 Å². The van der Waals surface area contributed by atoms with Crippen molar-refractivity contribution in [3.05, 3.63) is 69.1 Å². The van der Waals surface area contributed by atoms with Crippen molar-refractivity contribution in [2.24, 2.45) is 0 Å². The summed E-state index contributed by atoms with van der Waals surface area (Å²) in [6.45, 7) is 0.807. The Kier molecular flexibility index (Phi) is 4.11. The second-order valence-electron chi connectivity index (χ2n) is 4.86. The highest BCUT2D eigenvalue weighted by atomic mass is 79.9. The fraction of sp³-hybridized carbons (Fsp3) is 0.125. The molecule has 0 radical (unpaired) electrons. The first-order chi connectivity index (χ1) is 10.6. The second-order valence-corrected chi connectivity index (χ2v) is 5.78. The van der Waals surface area contributed by atoms with Gasteiger partial charge < -0.3 is 10.3 Å². The van der Waals surface area contributed by atoms with Crippen molar-refractivity contribution in [2.45, 2.75) is 6.54 Å². The second kappa shape index (κ2) is 6.19. The van der Waals surface area contributed by atoms with Crippen LogP contribution in [0.5, 0.6) is 0 Å². The van der Waals surface area contributed by atoms with Gasteiger partial charge in [-0.25, -0.2) is 4.79 Å². The van der Waals surface area contributed by atoms with Gasteiger partial charge in [-0.05, 0) is 36.4 Å². The summed E-state index contributed by atoms with van der Waals surface area (Å²) < 4.78 is 2.55. The number of aromatic amines is 1. The number of carbonyl (C=O) groups excluding carboxylic acids is 1. The van der Waals surface area contributed by atoms with Crippen LogP contribution in [-0.2, 0) is 6.54 Å². The van der Waals surface area contributed by atoms with Crippen LogP contribution in [0.3, 0.4) is 0 Å². The van der Waals surface area contributed by atoms with Gasteiger partial charge >= 0.3 is 5.69 Å². The van der Waals surface area contributed by atoms with E-state index in [1.165, 1.54) is 0 Å². The molecule has 0 atom stereocenters. The Hall–Kier alpha value is -2.34. The van der Waals surface area contributed by atoms with Crippen molar-refractivity contribution < 1.29 is 4.79 Å². The van der Waals surface area contributed by atoms with Crippen LogP contribution in [0.4, 0.5) is 0 Å². The number of hydrogen-bond donors (Lipinski definition) is 2. The van der Waals surface area contributed by atoms with Crippen molar-refractivity contribution in [2.75, 3.05) is 6.54 Å². The third kappa shape index (κ3) is 2.96. The molecule has 0 saturated carbocycles. The molecule has 0 spiro atoms. The van der Waals surface area contributed by atoms with Crippen LogP contribution in [0.2, 0.25) is 0 Å². The Morgan fingerprint density at radius 2 is 1.86 bits per heavy atom. The lowest BCUT2D eigenvalue weighted by Crippen LogP contribution is -2.30. The average Bonchev–Trinajstić information content (AvgIpc) is 2.84. The van der Waals surface area contributed by atoms with E-state index in [1.807, 2.05) is 36.4 Å². The van der Waals surface area contributed by atoms with E-state index in [4.69, 9.17) is 0 Å². The number of halogens is 1. The highest BCUT2D eigenvalue weighted by Gasteiger charge is 2.07. The third-order valence-corrected chi connectivity index (χ3v) is 3.94. The molecule has 0 aliphatic rings. The van der Waals surface area contributed by atoms with Gasteiger partial charge in [-0.1, -0.05) is 28.1 Å². The highest BCUT2D eigenvalue weighted by Crippen LogP contribution is 2.10. The minimum atomic E-state index is -0.168. The molecule has 3 aromatic rings. The number of carbonyl (C=O) groups is 1. The van der Waals surface area contributed by atoms with E-state index in [9.17, 15) is 9.59 Å². The number of rotatable bonds is 4. The van der Waals surface area contributed by atoms with Crippen LogP contribution in [-0.4, -0.2) is 22.0 Å². The maximum absolute atomic E-state index is 12.0. The van der Waals surface area contributed by atoms with Gasteiger partial charge in [0, 0.05) is 23.1 Å². The highest BCUT2D eigenvalue weighted by molar-refractivity contribution is 9.10. The zero-order chi connectivity index (χ0) is 15.5. The summed E-state index contributed by atoms with van der Waals surface area (Å²) in [7, 11) is 0. The minimum Gasteiger partial charge on any atom is -0.350 e. The lowest BCUT2D eigenvalue weighted by molar-refractivity contribution is 0.0952. The number of para-hydroxylation sites is 2. The maximum Gasteiger partial charge on any atom is 0.326 e. The average molecular weight is 360 g/mol. The number of nitrogens with zero attached hydrogens (tertiary/aromatic N) is 1. The molecule has 0 aliphatic carbocycles. The molecule has 5 nitrogen and oxygen atoms in total. The van der Waals surface area contributed by atoms with Crippen molar-refractivity contribution in [1.82, 2.24) is 14.9 Å². The van der Waals surface area contributed by atoms with Gasteiger partial charge in [0.05, 0.1) is 11.0 Å². The number of nitrogens with one attached hydrogen (secondary N) is 2. The van der Waals surface area contributed by atoms with Crippen LogP contribution in [0.15, 0.2) is 57.8 Å². The molecular formula is C16H14BrN3O2. The first-order valence-electron chi connectivity index (χ1n) is 6.86. The monoisotopic (exact) mass is 359 g/mol. The number of amides is 1. The molecule has 0 saturated heterocycles. The first-order valence-corrected chi connectivity index (χ1v) is 7.66. The van der Waals surface area contributed by atoms with Crippen molar-refractivity contribution >= 4 is 32.9 Å². The van der Waals surface area contributed by atoms with E-state index in [0.717, 1.165) is 15.5 Å². The van der Waals surface area contributed by atoms with Crippen LogP contribution >= 0.6 is 15.9 Å². The normalized spacial score (nSPS) is 10.8. The first kappa shape index (κ1) is 14.6. The smallest absolute Gasteiger partial charge is 0.326 e. The summed E-state index contributed by atoms with van der Waals surface area (Å²) in [5.74, 6) is -0.152. The Bertz CT molecular complexity index is 865.